The molecule has 0 saturated carbocycles. The molecule has 1 atom stereocenters. The molecule has 98 valence electrons. The molecule has 0 bridgehead atoms. The molecule has 0 aliphatic rings. The summed E-state index contributed by atoms with van der Waals surface area (Å²) in [5.74, 6) is 0.418. The molecule has 0 saturated heterocycles. The molecule has 0 aromatic heterocycles. The van der Waals surface area contributed by atoms with Gasteiger partial charge in [0, 0.05) is 10.7 Å². The van der Waals surface area contributed by atoms with E-state index in [2.05, 4.69) is 5.32 Å². The molecular formula is C15H14ClNO2. The minimum absolute atomic E-state index is 0.193. The van der Waals surface area contributed by atoms with Crippen molar-refractivity contribution in [1.29, 1.82) is 0 Å². The smallest absolute Gasteiger partial charge is 0.265 e. The van der Waals surface area contributed by atoms with Gasteiger partial charge in [-0.2, -0.15) is 0 Å². The Balaban J connectivity index is 1.94. The summed E-state index contributed by atoms with van der Waals surface area (Å²) in [6.45, 7) is 1.70. The first-order chi connectivity index (χ1) is 9.15. The highest BCUT2D eigenvalue weighted by molar-refractivity contribution is 6.30. The fourth-order valence-corrected chi connectivity index (χ4v) is 1.66. The first kappa shape index (κ1) is 13.4. The second-order valence-corrected chi connectivity index (χ2v) is 4.51. The fraction of sp³-hybridized carbons (Fsp3) is 0.133. The molecule has 2 aromatic carbocycles. The quantitative estimate of drug-likeness (QED) is 0.923. The molecule has 0 heterocycles. The average Bonchev–Trinajstić information content (AvgIpc) is 2.42. The maximum atomic E-state index is 11.9. The Morgan fingerprint density at radius 1 is 1.11 bits per heavy atom. The second kappa shape index (κ2) is 6.25. The molecule has 0 radical (unpaired) electrons. The largest absolute Gasteiger partial charge is 0.481 e. The fourth-order valence-electron chi connectivity index (χ4n) is 1.54. The van der Waals surface area contributed by atoms with Crippen LogP contribution in [0.15, 0.2) is 54.6 Å². The lowest BCUT2D eigenvalue weighted by molar-refractivity contribution is -0.122. The molecule has 0 aliphatic carbocycles. The van der Waals surface area contributed by atoms with Crippen LogP contribution in [0, 0.1) is 0 Å². The normalized spacial score (nSPS) is 11.7. The number of ether oxygens (including phenoxy) is 1. The van der Waals surface area contributed by atoms with E-state index in [1.807, 2.05) is 30.3 Å². The molecule has 4 heteroatoms. The van der Waals surface area contributed by atoms with Crippen LogP contribution >= 0.6 is 11.6 Å². The van der Waals surface area contributed by atoms with Gasteiger partial charge in [0.1, 0.15) is 5.75 Å². The van der Waals surface area contributed by atoms with Gasteiger partial charge >= 0.3 is 0 Å². The zero-order valence-electron chi connectivity index (χ0n) is 10.5. The van der Waals surface area contributed by atoms with Gasteiger partial charge in [0.25, 0.3) is 5.91 Å². The minimum atomic E-state index is -0.582. The number of benzene rings is 2. The summed E-state index contributed by atoms with van der Waals surface area (Å²) in [6, 6.07) is 16.2. The molecule has 1 N–H and O–H groups in total. The van der Waals surface area contributed by atoms with Gasteiger partial charge in [0.2, 0.25) is 0 Å². The number of carbonyl (C=O) groups is 1. The number of anilines is 1. The Bertz CT molecular complexity index is 540. The van der Waals surface area contributed by atoms with Crippen LogP contribution in [-0.2, 0) is 4.79 Å². The van der Waals surface area contributed by atoms with Crippen molar-refractivity contribution >= 4 is 23.2 Å². The van der Waals surface area contributed by atoms with Crippen LogP contribution in [0.5, 0.6) is 5.75 Å². The van der Waals surface area contributed by atoms with Gasteiger partial charge in [-0.15, -0.1) is 0 Å². The third-order valence-corrected chi connectivity index (χ3v) is 2.79. The van der Waals surface area contributed by atoms with Crippen molar-refractivity contribution in [2.45, 2.75) is 13.0 Å². The predicted molar refractivity (Wildman–Crippen MR) is 76.6 cm³/mol. The van der Waals surface area contributed by atoms with Crippen molar-refractivity contribution in [1.82, 2.24) is 0 Å². The summed E-state index contributed by atoms with van der Waals surface area (Å²) < 4.78 is 5.53. The third-order valence-electron chi connectivity index (χ3n) is 2.54. The number of hydrogen-bond donors (Lipinski definition) is 1. The number of carbonyl (C=O) groups excluding carboxylic acids is 1. The predicted octanol–water partition coefficient (Wildman–Crippen LogP) is 3.75. The van der Waals surface area contributed by atoms with Crippen LogP contribution in [0.1, 0.15) is 6.92 Å². The molecular weight excluding hydrogens is 262 g/mol. The van der Waals surface area contributed by atoms with Gasteiger partial charge in [0.05, 0.1) is 0 Å². The van der Waals surface area contributed by atoms with Crippen LogP contribution in [0.2, 0.25) is 5.02 Å². The summed E-state index contributed by atoms with van der Waals surface area (Å²) in [4.78, 5) is 11.9. The van der Waals surface area contributed by atoms with E-state index in [4.69, 9.17) is 16.3 Å². The lowest BCUT2D eigenvalue weighted by Gasteiger charge is -2.14. The van der Waals surface area contributed by atoms with Crippen LogP contribution in [-0.4, -0.2) is 12.0 Å². The SMILES string of the molecule is C[C@@H](Oc1ccc(Cl)cc1)C(=O)Nc1ccccc1. The van der Waals surface area contributed by atoms with Crippen molar-refractivity contribution in [3.63, 3.8) is 0 Å². The van der Waals surface area contributed by atoms with Crippen LogP contribution in [0.3, 0.4) is 0 Å². The van der Waals surface area contributed by atoms with Gasteiger partial charge in [-0.3, -0.25) is 4.79 Å². The highest BCUT2D eigenvalue weighted by Gasteiger charge is 2.14. The Morgan fingerprint density at radius 3 is 2.37 bits per heavy atom. The summed E-state index contributed by atoms with van der Waals surface area (Å²) in [5, 5.41) is 3.42. The topological polar surface area (TPSA) is 38.3 Å². The lowest BCUT2D eigenvalue weighted by atomic mass is 10.3. The maximum Gasteiger partial charge on any atom is 0.265 e. The monoisotopic (exact) mass is 275 g/mol. The van der Waals surface area contributed by atoms with Crippen molar-refractivity contribution in [2.24, 2.45) is 0 Å². The Labute approximate surface area is 117 Å². The van der Waals surface area contributed by atoms with E-state index in [1.165, 1.54) is 0 Å². The maximum absolute atomic E-state index is 11.9. The van der Waals surface area contributed by atoms with E-state index in [0.717, 1.165) is 5.69 Å². The zero-order valence-corrected chi connectivity index (χ0v) is 11.2. The van der Waals surface area contributed by atoms with E-state index < -0.39 is 6.10 Å². The van der Waals surface area contributed by atoms with Crippen molar-refractivity contribution in [2.75, 3.05) is 5.32 Å². The average molecular weight is 276 g/mol. The molecule has 0 unspecified atom stereocenters. The van der Waals surface area contributed by atoms with E-state index >= 15 is 0 Å². The Kier molecular flexibility index (Phi) is 4.42. The molecule has 19 heavy (non-hydrogen) atoms. The first-order valence-electron chi connectivity index (χ1n) is 5.93. The van der Waals surface area contributed by atoms with Crippen LogP contribution in [0.4, 0.5) is 5.69 Å². The highest BCUT2D eigenvalue weighted by atomic mass is 35.5. The van der Waals surface area contributed by atoms with Crippen LogP contribution in [0.25, 0.3) is 0 Å². The van der Waals surface area contributed by atoms with Gasteiger partial charge in [-0.1, -0.05) is 29.8 Å². The van der Waals surface area contributed by atoms with Crippen molar-refractivity contribution in [3.8, 4) is 5.75 Å². The first-order valence-corrected chi connectivity index (χ1v) is 6.31. The zero-order chi connectivity index (χ0) is 13.7. The number of amides is 1. The molecule has 1 amide bonds. The number of hydrogen-bond acceptors (Lipinski definition) is 2. The molecule has 2 rings (SSSR count). The summed E-state index contributed by atoms with van der Waals surface area (Å²) >= 11 is 5.78. The molecule has 3 nitrogen and oxygen atoms in total. The second-order valence-electron chi connectivity index (χ2n) is 4.07. The summed E-state index contributed by atoms with van der Waals surface area (Å²) in [6.07, 6.45) is -0.582. The Hall–Kier alpha value is -2.00. The van der Waals surface area contributed by atoms with Gasteiger partial charge in [0.15, 0.2) is 6.10 Å². The van der Waals surface area contributed by atoms with Gasteiger partial charge < -0.3 is 10.1 Å². The molecule has 0 fully saturated rings. The lowest BCUT2D eigenvalue weighted by Crippen LogP contribution is -2.30. The molecule has 0 spiro atoms. The van der Waals surface area contributed by atoms with Crippen LogP contribution < -0.4 is 10.1 Å². The van der Waals surface area contributed by atoms with E-state index in [1.54, 1.807) is 31.2 Å². The number of nitrogens with one attached hydrogen (secondary N) is 1. The minimum Gasteiger partial charge on any atom is -0.481 e. The highest BCUT2D eigenvalue weighted by Crippen LogP contribution is 2.17. The standard InChI is InChI=1S/C15H14ClNO2/c1-11(19-14-9-7-12(16)8-10-14)15(18)17-13-5-3-2-4-6-13/h2-11H,1H3,(H,17,18)/t11-/m1/s1. The van der Waals surface area contributed by atoms with Gasteiger partial charge in [-0.25, -0.2) is 0 Å². The summed E-state index contributed by atoms with van der Waals surface area (Å²) in [5.41, 5.74) is 0.749. The Morgan fingerprint density at radius 2 is 1.74 bits per heavy atom. The van der Waals surface area contributed by atoms with E-state index in [0.29, 0.717) is 10.8 Å². The number of rotatable bonds is 4. The van der Waals surface area contributed by atoms with Crippen molar-refractivity contribution < 1.29 is 9.53 Å². The molecule has 0 aliphatic heterocycles. The molecule has 2 aromatic rings. The van der Waals surface area contributed by atoms with Gasteiger partial charge in [-0.05, 0) is 43.3 Å². The summed E-state index contributed by atoms with van der Waals surface area (Å²) in [7, 11) is 0. The third kappa shape index (κ3) is 4.00. The number of para-hydroxylation sites is 1. The van der Waals surface area contributed by atoms with E-state index in [-0.39, 0.29) is 5.91 Å². The van der Waals surface area contributed by atoms with E-state index in [9.17, 15) is 4.79 Å². The number of halogens is 1. The van der Waals surface area contributed by atoms with Crippen molar-refractivity contribution in [3.05, 3.63) is 59.6 Å².